The quantitative estimate of drug-likeness (QED) is 0.821. The van der Waals surface area contributed by atoms with E-state index in [4.69, 9.17) is 0 Å². The summed E-state index contributed by atoms with van der Waals surface area (Å²) in [6.07, 6.45) is 1.79. The molecule has 1 aliphatic carbocycles. The summed E-state index contributed by atoms with van der Waals surface area (Å²) in [6.45, 7) is 0. The van der Waals surface area contributed by atoms with Gasteiger partial charge >= 0.3 is 6.09 Å². The average molecular weight is 263 g/mol. The van der Waals surface area contributed by atoms with Crippen LogP contribution in [0, 0.1) is 0 Å². The third-order valence-electron chi connectivity index (χ3n) is 2.73. The van der Waals surface area contributed by atoms with Crippen molar-refractivity contribution in [2.24, 2.45) is 9.98 Å². The standard InChI is InChI=1S/C12H13N3O2S/c1-17-11(16)15-12(18-8-6-7-8)13-9-4-2-3-5-10(9)14-12/h2-5,8H,6-7H2,1H3,(H,15,16). The van der Waals surface area contributed by atoms with Gasteiger partial charge < -0.3 is 4.74 Å². The smallest absolute Gasteiger partial charge is 0.410 e. The molecule has 0 aromatic heterocycles. The van der Waals surface area contributed by atoms with Crippen molar-refractivity contribution in [3.63, 3.8) is 0 Å². The van der Waals surface area contributed by atoms with E-state index >= 15 is 0 Å². The van der Waals surface area contributed by atoms with Crippen molar-refractivity contribution in [1.82, 2.24) is 5.32 Å². The van der Waals surface area contributed by atoms with Gasteiger partial charge in [-0.2, -0.15) is 0 Å². The molecule has 94 valence electrons. The molecule has 0 unspecified atom stereocenters. The van der Waals surface area contributed by atoms with E-state index in [2.05, 4.69) is 20.0 Å². The van der Waals surface area contributed by atoms with Crippen molar-refractivity contribution < 1.29 is 9.53 Å². The summed E-state index contributed by atoms with van der Waals surface area (Å²) < 4.78 is 4.65. The van der Waals surface area contributed by atoms with Gasteiger partial charge in [-0.05, 0) is 25.0 Å². The van der Waals surface area contributed by atoms with Gasteiger partial charge in [0.05, 0.1) is 17.8 Å². The van der Waals surface area contributed by atoms with E-state index in [9.17, 15) is 4.79 Å². The lowest BCUT2D eigenvalue weighted by atomic mass is 10.3. The molecule has 3 rings (SSSR count). The minimum absolute atomic E-state index is 0.511. The first-order valence-corrected chi connectivity index (χ1v) is 6.67. The molecule has 1 aromatic rings. The van der Waals surface area contributed by atoms with Crippen LogP contribution in [0.25, 0.3) is 0 Å². The summed E-state index contributed by atoms with van der Waals surface area (Å²) >= 11 is 1.58. The second-order valence-electron chi connectivity index (χ2n) is 4.25. The van der Waals surface area contributed by atoms with Crippen molar-refractivity contribution in [3.8, 4) is 0 Å². The van der Waals surface area contributed by atoms with Crippen LogP contribution in [0.1, 0.15) is 12.8 Å². The molecule has 6 heteroatoms. The van der Waals surface area contributed by atoms with Gasteiger partial charge in [0.2, 0.25) is 0 Å². The zero-order chi connectivity index (χ0) is 12.6. The normalized spacial score (nSPS) is 19.4. The molecule has 0 atom stereocenters. The van der Waals surface area contributed by atoms with Crippen LogP contribution in [0.4, 0.5) is 4.79 Å². The Morgan fingerprint density at radius 3 is 2.50 bits per heavy atom. The third-order valence-corrected chi connectivity index (χ3v) is 4.15. The second-order valence-corrected chi connectivity index (χ2v) is 5.73. The summed E-state index contributed by atoms with van der Waals surface area (Å²) in [6, 6.07) is 7.61. The summed E-state index contributed by atoms with van der Waals surface area (Å²) in [5.41, 5.74) is 0. The molecular formula is C12H13N3O2S. The summed E-state index contributed by atoms with van der Waals surface area (Å²) in [5, 5.41) is 3.91. The van der Waals surface area contributed by atoms with Crippen LogP contribution in [0.2, 0.25) is 0 Å². The fourth-order valence-electron chi connectivity index (χ4n) is 1.75. The molecule has 0 bridgehead atoms. The van der Waals surface area contributed by atoms with Crippen LogP contribution in [-0.2, 0) is 4.74 Å². The molecule has 1 N–H and O–H groups in total. The number of para-hydroxylation sites is 2. The molecule has 1 fully saturated rings. The maximum atomic E-state index is 11.5. The number of carbonyl (C=O) groups is 1. The van der Waals surface area contributed by atoms with Crippen LogP contribution in [-0.4, -0.2) is 23.6 Å². The number of hydrogen-bond acceptors (Lipinski definition) is 5. The number of methoxy groups -OCH3 is 1. The summed E-state index contributed by atoms with van der Waals surface area (Å²) in [4.78, 5) is 20.5. The van der Waals surface area contributed by atoms with Crippen molar-refractivity contribution in [2.75, 3.05) is 7.11 Å². The Balaban J connectivity index is 1.97. The summed E-state index contributed by atoms with van der Waals surface area (Å²) in [5.74, 6) is 0. The highest BCUT2D eigenvalue weighted by Gasteiger charge is 2.40. The molecule has 0 radical (unpaired) electrons. The van der Waals surface area contributed by atoms with E-state index in [-0.39, 0.29) is 0 Å². The average Bonchev–Trinajstić information content (AvgIpc) is 3.08. The van der Waals surface area contributed by atoms with Crippen molar-refractivity contribution in [3.05, 3.63) is 35.0 Å². The van der Waals surface area contributed by atoms with Gasteiger partial charge in [0, 0.05) is 5.25 Å². The Morgan fingerprint density at radius 2 is 2.00 bits per heavy atom. The Morgan fingerprint density at radius 1 is 1.39 bits per heavy atom. The molecule has 5 nitrogen and oxygen atoms in total. The highest BCUT2D eigenvalue weighted by atomic mass is 32.2. The molecule has 0 saturated heterocycles. The Hall–Kier alpha value is -1.56. The molecular weight excluding hydrogens is 250 g/mol. The predicted octanol–water partition coefficient (Wildman–Crippen LogP) is 0.802. The van der Waals surface area contributed by atoms with E-state index < -0.39 is 11.2 Å². The first-order chi connectivity index (χ1) is 8.71. The van der Waals surface area contributed by atoms with Crippen molar-refractivity contribution in [2.45, 2.75) is 23.2 Å². The van der Waals surface area contributed by atoms with Crippen LogP contribution < -0.4 is 16.0 Å². The fraction of sp³-hybridized carbons (Fsp3) is 0.417. The van der Waals surface area contributed by atoms with Gasteiger partial charge in [0.1, 0.15) is 0 Å². The number of amides is 1. The lowest BCUT2D eigenvalue weighted by Crippen LogP contribution is -2.42. The molecule has 1 aliphatic heterocycles. The van der Waals surface area contributed by atoms with Crippen molar-refractivity contribution in [1.29, 1.82) is 0 Å². The van der Waals surface area contributed by atoms with Gasteiger partial charge in [-0.25, -0.2) is 14.8 Å². The highest BCUT2D eigenvalue weighted by Crippen LogP contribution is 2.42. The molecule has 1 amide bonds. The van der Waals surface area contributed by atoms with Gasteiger partial charge in [-0.1, -0.05) is 23.9 Å². The molecule has 1 aromatic carbocycles. The van der Waals surface area contributed by atoms with E-state index in [1.54, 1.807) is 11.8 Å². The monoisotopic (exact) mass is 263 g/mol. The fourth-order valence-corrected chi connectivity index (χ4v) is 3.03. The molecule has 1 saturated carbocycles. The number of carbonyl (C=O) groups excluding carboxylic acids is 1. The van der Waals surface area contributed by atoms with Crippen LogP contribution in [0.5, 0.6) is 0 Å². The molecule has 0 spiro atoms. The number of thioether (sulfide) groups is 1. The number of nitrogens with one attached hydrogen (secondary N) is 1. The lowest BCUT2D eigenvalue weighted by molar-refractivity contribution is 0.165. The zero-order valence-electron chi connectivity index (χ0n) is 9.92. The van der Waals surface area contributed by atoms with Crippen LogP contribution >= 0.6 is 11.8 Å². The maximum Gasteiger partial charge on any atom is 0.410 e. The lowest BCUT2D eigenvalue weighted by Gasteiger charge is -2.22. The minimum Gasteiger partial charge on any atom is -0.453 e. The van der Waals surface area contributed by atoms with E-state index in [1.165, 1.54) is 7.11 Å². The van der Waals surface area contributed by atoms with E-state index in [0.29, 0.717) is 5.25 Å². The van der Waals surface area contributed by atoms with E-state index in [1.807, 2.05) is 24.3 Å². The zero-order valence-corrected chi connectivity index (χ0v) is 10.7. The van der Waals surface area contributed by atoms with Gasteiger partial charge in [-0.15, -0.1) is 0 Å². The number of rotatable bonds is 3. The number of benzene rings is 1. The maximum absolute atomic E-state index is 11.5. The Kier molecular flexibility index (Phi) is 2.74. The number of nitrogens with zero attached hydrogens (tertiary/aromatic N) is 2. The first-order valence-electron chi connectivity index (χ1n) is 5.79. The second kappa shape index (κ2) is 4.28. The number of fused-ring (bicyclic) bond motifs is 1. The molecule has 2 aliphatic rings. The Labute approximate surface area is 108 Å². The SMILES string of the molecule is COC(=O)NC1(SC2CC2)N=c2ccccc2=N1. The van der Waals surface area contributed by atoms with Gasteiger partial charge in [0.25, 0.3) is 5.12 Å². The number of alkyl carbamates (subject to hydrolysis) is 1. The Bertz CT molecular complexity index is 563. The summed E-state index contributed by atoms with van der Waals surface area (Å²) in [7, 11) is 1.34. The van der Waals surface area contributed by atoms with Crippen LogP contribution in [0.15, 0.2) is 34.3 Å². The van der Waals surface area contributed by atoms with E-state index in [0.717, 1.165) is 23.6 Å². The molecule has 18 heavy (non-hydrogen) atoms. The number of hydrogen-bond donors (Lipinski definition) is 1. The third kappa shape index (κ3) is 2.20. The van der Waals surface area contributed by atoms with Gasteiger partial charge in [0.15, 0.2) is 0 Å². The first kappa shape index (κ1) is 11.5. The predicted molar refractivity (Wildman–Crippen MR) is 67.6 cm³/mol. The topological polar surface area (TPSA) is 63.0 Å². The number of ether oxygens (including phenoxy) is 1. The van der Waals surface area contributed by atoms with Crippen molar-refractivity contribution >= 4 is 17.9 Å². The molecule has 1 heterocycles. The largest absolute Gasteiger partial charge is 0.453 e. The van der Waals surface area contributed by atoms with Crippen LogP contribution in [0.3, 0.4) is 0 Å². The van der Waals surface area contributed by atoms with Gasteiger partial charge in [-0.3, -0.25) is 5.32 Å². The highest BCUT2D eigenvalue weighted by molar-refractivity contribution is 8.01. The minimum atomic E-state index is -0.946.